The third-order valence-electron chi connectivity index (χ3n) is 2.27. The highest BCUT2D eigenvalue weighted by atomic mass is 32.2. The van der Waals surface area contributed by atoms with E-state index in [2.05, 4.69) is 12.2 Å². The van der Waals surface area contributed by atoms with Crippen molar-refractivity contribution in [3.63, 3.8) is 0 Å². The first-order valence-corrected chi connectivity index (χ1v) is 8.71. The lowest BCUT2D eigenvalue weighted by molar-refractivity contribution is 0.602. The fourth-order valence-electron chi connectivity index (χ4n) is 1.48. The van der Waals surface area contributed by atoms with Crippen LogP contribution in [-0.4, -0.2) is 32.7 Å². The summed E-state index contributed by atoms with van der Waals surface area (Å²) in [5.41, 5.74) is 0.705. The van der Waals surface area contributed by atoms with Crippen molar-refractivity contribution in [1.82, 2.24) is 0 Å². The molecule has 0 saturated carbocycles. The second-order valence-corrected chi connectivity index (χ2v) is 7.12. The number of benzene rings is 1. The Morgan fingerprint density at radius 1 is 1.29 bits per heavy atom. The lowest BCUT2D eigenvalue weighted by atomic mass is 10.3. The summed E-state index contributed by atoms with van der Waals surface area (Å²) in [7, 11) is -3.15. The zero-order valence-electron chi connectivity index (χ0n) is 10.3. The smallest absolute Gasteiger partial charge is 0.177 e. The van der Waals surface area contributed by atoms with Crippen molar-refractivity contribution >= 4 is 27.3 Å². The minimum absolute atomic E-state index is 0.378. The van der Waals surface area contributed by atoms with E-state index < -0.39 is 9.84 Å². The Kier molecular flexibility index (Phi) is 5.85. The normalized spacial score (nSPS) is 11.4. The van der Waals surface area contributed by atoms with Crippen molar-refractivity contribution in [3.8, 4) is 0 Å². The van der Waals surface area contributed by atoms with Gasteiger partial charge in [-0.25, -0.2) is 8.42 Å². The van der Waals surface area contributed by atoms with Gasteiger partial charge in [-0.2, -0.15) is 11.8 Å². The van der Waals surface area contributed by atoms with Crippen LogP contribution in [0, 0.1) is 0 Å². The number of rotatable bonds is 7. The van der Waals surface area contributed by atoms with Crippen molar-refractivity contribution < 1.29 is 8.42 Å². The molecule has 0 heterocycles. The molecule has 0 fully saturated rings. The summed E-state index contributed by atoms with van der Waals surface area (Å²) in [6.07, 6.45) is 2.27. The highest BCUT2D eigenvalue weighted by molar-refractivity contribution is 7.99. The van der Waals surface area contributed by atoms with Crippen molar-refractivity contribution in [2.24, 2.45) is 0 Å². The van der Waals surface area contributed by atoms with Crippen LogP contribution in [-0.2, 0) is 9.84 Å². The first-order valence-electron chi connectivity index (χ1n) is 5.66. The molecule has 96 valence electrons. The van der Waals surface area contributed by atoms with Crippen molar-refractivity contribution in [2.45, 2.75) is 18.2 Å². The second kappa shape index (κ2) is 6.91. The quantitative estimate of drug-likeness (QED) is 0.776. The van der Waals surface area contributed by atoms with Gasteiger partial charge in [0.1, 0.15) is 0 Å². The van der Waals surface area contributed by atoms with E-state index in [1.807, 2.05) is 23.9 Å². The lowest BCUT2D eigenvalue weighted by Crippen LogP contribution is -2.07. The molecule has 0 aliphatic rings. The first kappa shape index (κ1) is 14.4. The molecule has 0 amide bonds. The maximum atomic E-state index is 11.5. The summed E-state index contributed by atoms with van der Waals surface area (Å²) >= 11 is 1.89. The minimum atomic E-state index is -3.15. The maximum absolute atomic E-state index is 11.5. The summed E-state index contributed by atoms with van der Waals surface area (Å²) < 4.78 is 23.1. The predicted molar refractivity (Wildman–Crippen MR) is 75.7 cm³/mol. The van der Waals surface area contributed by atoms with Gasteiger partial charge in [-0.15, -0.1) is 0 Å². The number of para-hydroxylation sites is 1. The molecule has 0 radical (unpaired) electrons. The van der Waals surface area contributed by atoms with E-state index in [1.54, 1.807) is 12.1 Å². The average Bonchev–Trinajstić information content (AvgIpc) is 2.28. The van der Waals surface area contributed by atoms with Crippen LogP contribution in [0.4, 0.5) is 5.69 Å². The number of hydrogen-bond acceptors (Lipinski definition) is 4. The molecular weight excluding hydrogens is 254 g/mol. The van der Waals surface area contributed by atoms with E-state index >= 15 is 0 Å². The molecule has 0 aliphatic heterocycles. The number of sulfone groups is 1. The Bertz CT molecular complexity index is 444. The molecule has 5 heteroatoms. The molecule has 0 atom stereocenters. The lowest BCUT2D eigenvalue weighted by Gasteiger charge is -2.10. The summed E-state index contributed by atoms with van der Waals surface area (Å²) in [6, 6.07) is 7.04. The van der Waals surface area contributed by atoms with Crippen LogP contribution in [0.3, 0.4) is 0 Å². The molecule has 1 aromatic carbocycles. The molecule has 17 heavy (non-hydrogen) atoms. The maximum Gasteiger partial charge on any atom is 0.177 e. The van der Waals surface area contributed by atoms with E-state index in [9.17, 15) is 8.42 Å². The third-order valence-corrected chi connectivity index (χ3v) is 4.41. The second-order valence-electron chi connectivity index (χ2n) is 3.75. The Morgan fingerprint density at radius 3 is 2.65 bits per heavy atom. The van der Waals surface area contributed by atoms with Crippen LogP contribution in [0.2, 0.25) is 0 Å². The van der Waals surface area contributed by atoms with Gasteiger partial charge in [0.25, 0.3) is 0 Å². The van der Waals surface area contributed by atoms with Crippen LogP contribution in [0.1, 0.15) is 13.3 Å². The molecule has 0 aliphatic carbocycles. The Labute approximate surface area is 108 Å². The zero-order valence-corrected chi connectivity index (χ0v) is 11.9. The van der Waals surface area contributed by atoms with Crippen molar-refractivity contribution in [1.29, 1.82) is 0 Å². The minimum Gasteiger partial charge on any atom is -0.384 e. The van der Waals surface area contributed by atoms with Crippen LogP contribution in [0.15, 0.2) is 29.2 Å². The topological polar surface area (TPSA) is 46.2 Å². The predicted octanol–water partition coefficient (Wildman–Crippen LogP) is 2.65. The van der Waals surface area contributed by atoms with Gasteiger partial charge < -0.3 is 5.32 Å². The molecule has 0 spiro atoms. The SMILES string of the molecule is CCSCCCNc1ccccc1S(C)(=O)=O. The fourth-order valence-corrected chi connectivity index (χ4v) is 2.98. The number of thioether (sulfide) groups is 1. The van der Waals surface area contributed by atoms with E-state index in [0.29, 0.717) is 10.6 Å². The van der Waals surface area contributed by atoms with Crippen LogP contribution >= 0.6 is 11.8 Å². The molecule has 0 saturated heterocycles. The largest absolute Gasteiger partial charge is 0.384 e. The summed E-state index contributed by atoms with van der Waals surface area (Å²) in [6.45, 7) is 2.94. The monoisotopic (exact) mass is 273 g/mol. The highest BCUT2D eigenvalue weighted by Crippen LogP contribution is 2.20. The van der Waals surface area contributed by atoms with E-state index in [1.165, 1.54) is 6.26 Å². The summed E-state index contributed by atoms with van der Waals surface area (Å²) in [5, 5.41) is 3.19. The van der Waals surface area contributed by atoms with E-state index in [0.717, 1.165) is 24.5 Å². The number of anilines is 1. The molecule has 1 N–H and O–H groups in total. The van der Waals surface area contributed by atoms with Gasteiger partial charge in [0.15, 0.2) is 9.84 Å². The third kappa shape index (κ3) is 5.00. The number of nitrogens with one attached hydrogen (secondary N) is 1. The Hall–Kier alpha value is -0.680. The molecule has 0 bridgehead atoms. The van der Waals surface area contributed by atoms with Gasteiger partial charge in [0.05, 0.1) is 10.6 Å². The highest BCUT2D eigenvalue weighted by Gasteiger charge is 2.11. The van der Waals surface area contributed by atoms with Gasteiger partial charge in [0.2, 0.25) is 0 Å². The van der Waals surface area contributed by atoms with Gasteiger partial charge >= 0.3 is 0 Å². The van der Waals surface area contributed by atoms with Crippen LogP contribution in [0.5, 0.6) is 0 Å². The molecular formula is C12H19NO2S2. The molecule has 1 rings (SSSR count). The summed E-state index contributed by atoms with van der Waals surface area (Å²) in [5.74, 6) is 2.23. The Morgan fingerprint density at radius 2 is 2.00 bits per heavy atom. The van der Waals surface area contributed by atoms with Crippen molar-refractivity contribution in [2.75, 3.05) is 29.6 Å². The van der Waals surface area contributed by atoms with Crippen molar-refractivity contribution in [3.05, 3.63) is 24.3 Å². The van der Waals surface area contributed by atoms with Gasteiger partial charge in [-0.3, -0.25) is 0 Å². The van der Waals surface area contributed by atoms with Crippen LogP contribution in [0.25, 0.3) is 0 Å². The first-order chi connectivity index (χ1) is 8.05. The number of hydrogen-bond donors (Lipinski definition) is 1. The van der Waals surface area contributed by atoms with Gasteiger partial charge in [0, 0.05) is 12.8 Å². The van der Waals surface area contributed by atoms with E-state index in [-0.39, 0.29) is 0 Å². The van der Waals surface area contributed by atoms with E-state index in [4.69, 9.17) is 0 Å². The molecule has 0 unspecified atom stereocenters. The van der Waals surface area contributed by atoms with Gasteiger partial charge in [-0.05, 0) is 30.1 Å². The zero-order chi connectivity index (χ0) is 12.7. The average molecular weight is 273 g/mol. The summed E-state index contributed by atoms with van der Waals surface area (Å²) in [4.78, 5) is 0.378. The van der Waals surface area contributed by atoms with Gasteiger partial charge in [-0.1, -0.05) is 19.1 Å². The molecule has 0 aromatic heterocycles. The molecule has 3 nitrogen and oxygen atoms in total. The molecule has 1 aromatic rings. The Balaban J connectivity index is 2.59. The van der Waals surface area contributed by atoms with Crippen LogP contribution < -0.4 is 5.32 Å². The standard InChI is InChI=1S/C12H19NO2S2/c1-3-16-10-6-9-13-11-7-4-5-8-12(11)17(2,14)15/h4-5,7-8,13H,3,6,9-10H2,1-2H3. The fraction of sp³-hybridized carbons (Fsp3) is 0.500.